The number of para-hydroxylation sites is 1. The monoisotopic (exact) mass is 462 g/mol. The van der Waals surface area contributed by atoms with E-state index in [4.69, 9.17) is 5.26 Å². The normalized spacial score (nSPS) is 10.7. The van der Waals surface area contributed by atoms with Crippen LogP contribution in [0.2, 0.25) is 0 Å². The molecule has 0 unspecified atom stereocenters. The van der Waals surface area contributed by atoms with E-state index >= 15 is 0 Å². The third kappa shape index (κ3) is 5.07. The number of nitrogens with zero attached hydrogens (tertiary/aromatic N) is 3. The van der Waals surface area contributed by atoms with E-state index in [9.17, 15) is 4.79 Å². The molecular weight excluding hydrogens is 444 g/mol. The van der Waals surface area contributed by atoms with Gasteiger partial charge in [-0.1, -0.05) is 53.7 Å². The van der Waals surface area contributed by atoms with Gasteiger partial charge in [0.2, 0.25) is 5.91 Å². The zero-order valence-corrected chi connectivity index (χ0v) is 19.1. The summed E-state index contributed by atoms with van der Waals surface area (Å²) in [5, 5.41) is 15.7. The van der Waals surface area contributed by atoms with Crippen LogP contribution in [0.4, 0.5) is 5.69 Å². The molecule has 0 atom stereocenters. The lowest BCUT2D eigenvalue weighted by Crippen LogP contribution is -2.14. The molecule has 0 spiro atoms. The smallest absolute Gasteiger partial charge is 0.234 e. The first-order chi connectivity index (χ1) is 15.2. The third-order valence-electron chi connectivity index (χ3n) is 4.49. The Labute approximate surface area is 192 Å². The molecule has 5 nitrogen and oxygen atoms in total. The van der Waals surface area contributed by atoms with E-state index in [2.05, 4.69) is 57.9 Å². The van der Waals surface area contributed by atoms with Crippen LogP contribution in [0.5, 0.6) is 0 Å². The van der Waals surface area contributed by atoms with Gasteiger partial charge in [-0.25, -0.2) is 9.97 Å². The Bertz CT molecular complexity index is 1260. The van der Waals surface area contributed by atoms with Crippen molar-refractivity contribution in [2.45, 2.75) is 16.8 Å². The highest BCUT2D eigenvalue weighted by Crippen LogP contribution is 2.38. The largest absolute Gasteiger partial charge is 0.324 e. The van der Waals surface area contributed by atoms with Crippen molar-refractivity contribution >= 4 is 56.7 Å². The topological polar surface area (TPSA) is 78.7 Å². The molecule has 0 aliphatic carbocycles. The van der Waals surface area contributed by atoms with Gasteiger partial charge in [0, 0.05) is 15.8 Å². The SMILES string of the molecule is Cc1ccc(-c2csc3ncnc(SCC(=O)Nc4ccccc4SCC#N)c23)cc1. The first-order valence-corrected chi connectivity index (χ1v) is 12.3. The van der Waals surface area contributed by atoms with Crippen LogP contribution in [0, 0.1) is 18.3 Å². The molecule has 0 fully saturated rings. The van der Waals surface area contributed by atoms with Crippen molar-refractivity contribution < 1.29 is 4.79 Å². The average Bonchev–Trinajstić information content (AvgIpc) is 3.22. The molecule has 2 heterocycles. The van der Waals surface area contributed by atoms with Crippen molar-refractivity contribution in [1.29, 1.82) is 5.26 Å². The van der Waals surface area contributed by atoms with Gasteiger partial charge in [0.1, 0.15) is 16.2 Å². The minimum absolute atomic E-state index is 0.117. The van der Waals surface area contributed by atoms with Crippen molar-refractivity contribution in [3.05, 3.63) is 65.8 Å². The maximum absolute atomic E-state index is 12.6. The van der Waals surface area contributed by atoms with E-state index in [0.29, 0.717) is 5.75 Å². The number of benzene rings is 2. The molecule has 4 aromatic rings. The Morgan fingerprint density at radius 1 is 1.13 bits per heavy atom. The summed E-state index contributed by atoms with van der Waals surface area (Å²) in [5.74, 6) is 0.446. The number of amides is 1. The number of carbonyl (C=O) groups is 1. The first kappa shape index (κ1) is 21.4. The Hall–Kier alpha value is -2.86. The number of aromatic nitrogens is 2. The van der Waals surface area contributed by atoms with Gasteiger partial charge in [-0.2, -0.15) is 5.26 Å². The van der Waals surface area contributed by atoms with Gasteiger partial charge < -0.3 is 5.32 Å². The van der Waals surface area contributed by atoms with E-state index < -0.39 is 0 Å². The summed E-state index contributed by atoms with van der Waals surface area (Å²) >= 11 is 4.39. The Morgan fingerprint density at radius 2 is 1.94 bits per heavy atom. The fourth-order valence-electron chi connectivity index (χ4n) is 3.03. The molecule has 154 valence electrons. The fraction of sp³-hybridized carbons (Fsp3) is 0.130. The Kier molecular flexibility index (Phi) is 6.87. The van der Waals surface area contributed by atoms with Gasteiger partial charge in [-0.05, 0) is 24.6 Å². The molecule has 31 heavy (non-hydrogen) atoms. The number of carbonyl (C=O) groups excluding carboxylic acids is 1. The minimum Gasteiger partial charge on any atom is -0.324 e. The minimum atomic E-state index is -0.117. The van der Waals surface area contributed by atoms with Gasteiger partial charge in [0.15, 0.2) is 0 Å². The number of anilines is 1. The van der Waals surface area contributed by atoms with Crippen molar-refractivity contribution in [2.75, 3.05) is 16.8 Å². The Balaban J connectivity index is 1.52. The third-order valence-corrected chi connectivity index (χ3v) is 7.31. The number of thiophene rings is 1. The second-order valence-electron chi connectivity index (χ2n) is 6.65. The fourth-order valence-corrected chi connectivity index (χ4v) is 5.49. The predicted molar refractivity (Wildman–Crippen MR) is 130 cm³/mol. The summed E-state index contributed by atoms with van der Waals surface area (Å²) in [4.78, 5) is 23.3. The molecule has 0 radical (unpaired) electrons. The molecule has 0 saturated heterocycles. The zero-order valence-electron chi connectivity index (χ0n) is 16.7. The number of hydrogen-bond acceptors (Lipinski definition) is 7. The number of rotatable bonds is 7. The highest BCUT2D eigenvalue weighted by atomic mass is 32.2. The lowest BCUT2D eigenvalue weighted by Gasteiger charge is -2.10. The first-order valence-electron chi connectivity index (χ1n) is 9.46. The van der Waals surface area contributed by atoms with E-state index in [1.807, 2.05) is 24.3 Å². The highest BCUT2D eigenvalue weighted by molar-refractivity contribution is 8.00. The number of hydrogen-bond donors (Lipinski definition) is 1. The van der Waals surface area contributed by atoms with Gasteiger partial charge in [0.05, 0.1) is 28.6 Å². The maximum atomic E-state index is 12.6. The van der Waals surface area contributed by atoms with Crippen LogP contribution in [0.25, 0.3) is 21.3 Å². The summed E-state index contributed by atoms with van der Waals surface area (Å²) in [7, 11) is 0. The maximum Gasteiger partial charge on any atom is 0.234 e. The summed E-state index contributed by atoms with van der Waals surface area (Å²) in [6, 6.07) is 18.0. The van der Waals surface area contributed by atoms with Crippen molar-refractivity contribution in [3.8, 4) is 17.2 Å². The van der Waals surface area contributed by atoms with Gasteiger partial charge in [0.25, 0.3) is 0 Å². The van der Waals surface area contributed by atoms with Gasteiger partial charge in [-0.15, -0.1) is 23.1 Å². The molecule has 4 rings (SSSR count). The quantitative estimate of drug-likeness (QED) is 0.267. The van der Waals surface area contributed by atoms with Crippen LogP contribution in [0.15, 0.2) is 70.2 Å². The van der Waals surface area contributed by atoms with Crippen LogP contribution in [0.3, 0.4) is 0 Å². The van der Waals surface area contributed by atoms with E-state index in [-0.39, 0.29) is 11.7 Å². The van der Waals surface area contributed by atoms with E-state index in [1.165, 1.54) is 29.1 Å². The molecular formula is C23H18N4OS3. The summed E-state index contributed by atoms with van der Waals surface area (Å²) in [6.45, 7) is 2.06. The average molecular weight is 463 g/mol. The van der Waals surface area contributed by atoms with Crippen LogP contribution in [-0.4, -0.2) is 27.4 Å². The number of aryl methyl sites for hydroxylation is 1. The zero-order chi connectivity index (χ0) is 21.6. The van der Waals surface area contributed by atoms with E-state index in [0.717, 1.165) is 37.0 Å². The lowest BCUT2D eigenvalue weighted by molar-refractivity contribution is -0.113. The number of nitrogens with one attached hydrogen (secondary N) is 1. The second-order valence-corrected chi connectivity index (χ2v) is 9.49. The van der Waals surface area contributed by atoms with Crippen molar-refractivity contribution in [2.24, 2.45) is 0 Å². The molecule has 1 amide bonds. The molecule has 0 saturated carbocycles. The number of fused-ring (bicyclic) bond motifs is 1. The molecule has 8 heteroatoms. The van der Waals surface area contributed by atoms with Crippen molar-refractivity contribution in [1.82, 2.24) is 9.97 Å². The molecule has 0 aliphatic rings. The molecule has 1 N–H and O–H groups in total. The molecule has 0 aliphatic heterocycles. The van der Waals surface area contributed by atoms with Gasteiger partial charge in [-0.3, -0.25) is 4.79 Å². The standard InChI is InChI=1S/C23H18N4OS3/c1-15-6-8-16(9-7-15)17-12-30-22-21(17)23(26-14-25-22)31-13-20(28)27-18-4-2-3-5-19(18)29-11-10-24/h2-9,12,14H,11,13H2,1H3,(H,27,28). The summed E-state index contributed by atoms with van der Waals surface area (Å²) < 4.78 is 0. The number of thioether (sulfide) groups is 2. The van der Waals surface area contributed by atoms with Crippen LogP contribution < -0.4 is 5.32 Å². The van der Waals surface area contributed by atoms with Crippen LogP contribution in [-0.2, 0) is 4.79 Å². The number of nitriles is 1. The molecule has 2 aromatic carbocycles. The second kappa shape index (κ2) is 9.96. The van der Waals surface area contributed by atoms with Crippen LogP contribution >= 0.6 is 34.9 Å². The molecule has 2 aromatic heterocycles. The summed E-state index contributed by atoms with van der Waals surface area (Å²) in [5.41, 5.74) is 4.12. The summed E-state index contributed by atoms with van der Waals surface area (Å²) in [6.07, 6.45) is 1.55. The van der Waals surface area contributed by atoms with Crippen LogP contribution in [0.1, 0.15) is 5.56 Å². The predicted octanol–water partition coefficient (Wildman–Crippen LogP) is 6.01. The van der Waals surface area contributed by atoms with Crippen molar-refractivity contribution in [3.63, 3.8) is 0 Å². The Morgan fingerprint density at radius 3 is 2.74 bits per heavy atom. The van der Waals surface area contributed by atoms with E-state index in [1.54, 1.807) is 17.7 Å². The highest BCUT2D eigenvalue weighted by Gasteiger charge is 2.15. The van der Waals surface area contributed by atoms with Gasteiger partial charge >= 0.3 is 0 Å². The lowest BCUT2D eigenvalue weighted by atomic mass is 10.1. The molecule has 0 bridgehead atoms.